The standard InChI is InChI=1S/C20H24N2S2/c1-13-5-4-6-15(11-13)18-21-22-19(24-18)23-10-9-14-7-8-16-12-17(14)20(16,2)3/h4-7,11,16-17H,8-10,12H2,1-3H3. The van der Waals surface area contributed by atoms with Gasteiger partial charge < -0.3 is 0 Å². The number of allylic oxidation sites excluding steroid dienone is 2. The number of rotatable bonds is 5. The van der Waals surface area contributed by atoms with Crippen molar-refractivity contribution in [1.29, 1.82) is 0 Å². The van der Waals surface area contributed by atoms with Crippen LogP contribution in [-0.4, -0.2) is 16.0 Å². The number of aromatic nitrogens is 2. The van der Waals surface area contributed by atoms with Gasteiger partial charge in [-0.3, -0.25) is 0 Å². The van der Waals surface area contributed by atoms with Gasteiger partial charge in [-0.1, -0.05) is 72.4 Å². The highest BCUT2D eigenvalue weighted by atomic mass is 32.2. The van der Waals surface area contributed by atoms with Gasteiger partial charge in [-0.2, -0.15) is 0 Å². The summed E-state index contributed by atoms with van der Waals surface area (Å²) in [6, 6.07) is 8.49. The van der Waals surface area contributed by atoms with Crippen LogP contribution in [0.4, 0.5) is 0 Å². The smallest absolute Gasteiger partial charge is 0.137 e. The third-order valence-electron chi connectivity index (χ3n) is 5.87. The number of nitrogens with zero attached hydrogens (tertiary/aromatic N) is 2. The van der Waals surface area contributed by atoms with Crippen LogP contribution in [-0.2, 0) is 0 Å². The van der Waals surface area contributed by atoms with Crippen molar-refractivity contribution < 1.29 is 0 Å². The lowest BCUT2D eigenvalue weighted by atomic mass is 9.48. The lowest BCUT2D eigenvalue weighted by Gasteiger charge is -2.56. The molecular weight excluding hydrogens is 332 g/mol. The zero-order chi connectivity index (χ0) is 16.7. The predicted octanol–water partition coefficient (Wildman–Crippen LogP) is 5.99. The van der Waals surface area contributed by atoms with Crippen LogP contribution in [0, 0.1) is 24.2 Å². The fraction of sp³-hybridized carbons (Fsp3) is 0.500. The van der Waals surface area contributed by atoms with Gasteiger partial charge in [0.1, 0.15) is 5.01 Å². The molecular formula is C20H24N2S2. The Kier molecular flexibility index (Phi) is 4.29. The molecule has 24 heavy (non-hydrogen) atoms. The van der Waals surface area contributed by atoms with E-state index in [0.29, 0.717) is 5.41 Å². The van der Waals surface area contributed by atoms with Crippen molar-refractivity contribution in [2.24, 2.45) is 17.3 Å². The van der Waals surface area contributed by atoms with Crippen LogP contribution in [0.2, 0.25) is 0 Å². The molecule has 3 aliphatic carbocycles. The van der Waals surface area contributed by atoms with Crippen molar-refractivity contribution in [3.8, 4) is 10.6 Å². The van der Waals surface area contributed by atoms with E-state index in [9.17, 15) is 0 Å². The summed E-state index contributed by atoms with van der Waals surface area (Å²) in [5, 5.41) is 9.78. The van der Waals surface area contributed by atoms with Gasteiger partial charge in [0.15, 0.2) is 4.34 Å². The molecule has 2 atom stereocenters. The molecule has 2 unspecified atom stereocenters. The predicted molar refractivity (Wildman–Crippen MR) is 104 cm³/mol. The second-order valence-corrected chi connectivity index (χ2v) is 9.98. The Morgan fingerprint density at radius 3 is 2.92 bits per heavy atom. The van der Waals surface area contributed by atoms with Crippen LogP contribution in [0.1, 0.15) is 38.7 Å². The zero-order valence-electron chi connectivity index (χ0n) is 14.6. The summed E-state index contributed by atoms with van der Waals surface area (Å²) in [6.45, 7) is 7.01. The fourth-order valence-corrected chi connectivity index (χ4v) is 6.08. The van der Waals surface area contributed by atoms with Crippen LogP contribution in [0.3, 0.4) is 0 Å². The maximum atomic E-state index is 4.37. The summed E-state index contributed by atoms with van der Waals surface area (Å²) in [6.07, 6.45) is 6.42. The van der Waals surface area contributed by atoms with E-state index in [1.807, 2.05) is 11.8 Å². The van der Waals surface area contributed by atoms with E-state index in [1.54, 1.807) is 16.9 Å². The number of hydrogen-bond donors (Lipinski definition) is 0. The van der Waals surface area contributed by atoms with Gasteiger partial charge in [-0.05, 0) is 49.5 Å². The molecule has 2 nitrogen and oxygen atoms in total. The molecule has 0 amide bonds. The van der Waals surface area contributed by atoms with Crippen LogP contribution >= 0.6 is 23.1 Å². The molecule has 4 heteroatoms. The van der Waals surface area contributed by atoms with Gasteiger partial charge in [0.2, 0.25) is 0 Å². The number of hydrogen-bond acceptors (Lipinski definition) is 4. The van der Waals surface area contributed by atoms with Gasteiger partial charge in [-0.25, -0.2) is 0 Å². The fourth-order valence-electron chi connectivity index (χ4n) is 4.18. The first kappa shape index (κ1) is 16.3. The topological polar surface area (TPSA) is 25.8 Å². The summed E-state index contributed by atoms with van der Waals surface area (Å²) in [7, 11) is 0. The van der Waals surface area contributed by atoms with E-state index in [-0.39, 0.29) is 0 Å². The van der Waals surface area contributed by atoms with E-state index in [4.69, 9.17) is 0 Å². The summed E-state index contributed by atoms with van der Waals surface area (Å²) < 4.78 is 1.09. The van der Waals surface area contributed by atoms with Crippen molar-refractivity contribution in [3.63, 3.8) is 0 Å². The monoisotopic (exact) mass is 356 g/mol. The Morgan fingerprint density at radius 2 is 2.17 bits per heavy atom. The zero-order valence-corrected chi connectivity index (χ0v) is 16.2. The van der Waals surface area contributed by atoms with E-state index in [1.165, 1.54) is 30.4 Å². The molecule has 1 saturated carbocycles. The van der Waals surface area contributed by atoms with E-state index >= 15 is 0 Å². The molecule has 0 radical (unpaired) electrons. The third kappa shape index (κ3) is 2.95. The first-order valence-electron chi connectivity index (χ1n) is 8.76. The minimum absolute atomic E-state index is 0.538. The summed E-state index contributed by atoms with van der Waals surface area (Å²) in [5.41, 5.74) is 4.67. The second kappa shape index (κ2) is 6.30. The van der Waals surface area contributed by atoms with E-state index in [2.05, 4.69) is 61.3 Å². The molecule has 1 aromatic heterocycles. The molecule has 1 aromatic carbocycles. The Bertz CT molecular complexity index is 775. The molecule has 0 aliphatic heterocycles. The second-order valence-electron chi connectivity index (χ2n) is 7.66. The van der Waals surface area contributed by atoms with E-state index in [0.717, 1.165) is 26.9 Å². The third-order valence-corrected chi connectivity index (χ3v) is 7.98. The highest BCUT2D eigenvalue weighted by Crippen LogP contribution is 2.59. The Hall–Kier alpha value is -1.13. The molecule has 1 fully saturated rings. The van der Waals surface area contributed by atoms with Gasteiger partial charge >= 0.3 is 0 Å². The van der Waals surface area contributed by atoms with Crippen LogP contribution in [0.25, 0.3) is 10.6 Å². The van der Waals surface area contributed by atoms with Crippen molar-refractivity contribution in [3.05, 3.63) is 41.5 Å². The molecule has 0 saturated heterocycles. The summed E-state index contributed by atoms with van der Waals surface area (Å²) in [5.74, 6) is 2.87. The van der Waals surface area contributed by atoms with Crippen molar-refractivity contribution in [2.45, 2.75) is 44.4 Å². The average molecular weight is 357 g/mol. The number of fused-ring (bicyclic) bond motifs is 1. The Morgan fingerprint density at radius 1 is 1.29 bits per heavy atom. The number of thioether (sulfide) groups is 1. The minimum Gasteiger partial charge on any atom is -0.137 e. The molecule has 0 spiro atoms. The van der Waals surface area contributed by atoms with Crippen LogP contribution in [0.5, 0.6) is 0 Å². The molecule has 1 heterocycles. The first-order valence-corrected chi connectivity index (χ1v) is 10.6. The first-order chi connectivity index (χ1) is 11.5. The SMILES string of the molecule is Cc1cccc(-c2nnc(SCCC3=CCC4CC3C4(C)C)s2)c1. The lowest BCUT2D eigenvalue weighted by molar-refractivity contribution is -0.00767. The number of benzene rings is 1. The Balaban J connectivity index is 1.35. The number of aryl methyl sites for hydroxylation is 1. The molecule has 2 aromatic rings. The molecule has 3 aliphatic rings. The quantitative estimate of drug-likeness (QED) is 0.486. The molecule has 126 valence electrons. The minimum atomic E-state index is 0.538. The van der Waals surface area contributed by atoms with Crippen LogP contribution < -0.4 is 0 Å². The maximum Gasteiger partial charge on any atom is 0.174 e. The molecule has 2 bridgehead atoms. The van der Waals surface area contributed by atoms with Gasteiger partial charge in [0.25, 0.3) is 0 Å². The van der Waals surface area contributed by atoms with Crippen molar-refractivity contribution >= 4 is 23.1 Å². The average Bonchev–Trinajstić information content (AvgIpc) is 3.04. The van der Waals surface area contributed by atoms with Gasteiger partial charge in [-0.15, -0.1) is 10.2 Å². The van der Waals surface area contributed by atoms with Gasteiger partial charge in [0.05, 0.1) is 0 Å². The Labute approximate surface area is 152 Å². The molecule has 0 N–H and O–H groups in total. The van der Waals surface area contributed by atoms with Crippen molar-refractivity contribution in [2.75, 3.05) is 5.75 Å². The highest BCUT2D eigenvalue weighted by Gasteiger charge is 2.50. The van der Waals surface area contributed by atoms with Crippen molar-refractivity contribution in [1.82, 2.24) is 10.2 Å². The molecule has 5 rings (SSSR count). The summed E-state index contributed by atoms with van der Waals surface area (Å²) >= 11 is 3.57. The van der Waals surface area contributed by atoms with Gasteiger partial charge in [0, 0.05) is 11.3 Å². The lowest BCUT2D eigenvalue weighted by Crippen LogP contribution is -2.48. The largest absolute Gasteiger partial charge is 0.174 e. The highest BCUT2D eigenvalue weighted by molar-refractivity contribution is 8.01. The van der Waals surface area contributed by atoms with Crippen LogP contribution in [0.15, 0.2) is 40.3 Å². The normalized spacial score (nSPS) is 24.4. The maximum absolute atomic E-state index is 4.37. The van der Waals surface area contributed by atoms with E-state index < -0.39 is 0 Å². The summed E-state index contributed by atoms with van der Waals surface area (Å²) in [4.78, 5) is 0.